The van der Waals surface area contributed by atoms with Gasteiger partial charge in [-0.25, -0.2) is 0 Å². The summed E-state index contributed by atoms with van der Waals surface area (Å²) in [5.74, 6) is 0. The number of rotatable bonds is 2. The second-order valence-corrected chi connectivity index (χ2v) is 3.55. The molecule has 0 radical (unpaired) electrons. The van der Waals surface area contributed by atoms with E-state index in [1.165, 1.54) is 0 Å². The summed E-state index contributed by atoms with van der Waals surface area (Å²) in [5.41, 5.74) is 1.62. The van der Waals surface area contributed by atoms with E-state index >= 15 is 0 Å². The Kier molecular flexibility index (Phi) is 6.80. The molecule has 4 nitrogen and oxygen atoms in total. The third kappa shape index (κ3) is 5.34. The van der Waals surface area contributed by atoms with E-state index in [1.54, 1.807) is 6.07 Å². The lowest BCUT2D eigenvalue weighted by atomic mass is 10.2. The molecule has 17 heavy (non-hydrogen) atoms. The average molecular weight is 233 g/mol. The molecule has 0 amide bonds. The van der Waals surface area contributed by atoms with Crippen molar-refractivity contribution in [3.05, 3.63) is 29.8 Å². The molecule has 1 saturated heterocycles. The first kappa shape index (κ1) is 13.5. The Labute approximate surface area is 103 Å². The summed E-state index contributed by atoms with van der Waals surface area (Å²) in [5, 5.41) is 14.9. The Morgan fingerprint density at radius 3 is 2.53 bits per heavy atom. The summed E-state index contributed by atoms with van der Waals surface area (Å²) >= 11 is 0. The number of nitriles is 1. The minimum absolute atomic E-state index is 0.703. The minimum atomic E-state index is 0.703. The summed E-state index contributed by atoms with van der Waals surface area (Å²) < 4.78 is 5.01. The monoisotopic (exact) mass is 233 g/mol. The highest BCUT2D eigenvalue weighted by Crippen LogP contribution is 2.12. The van der Waals surface area contributed by atoms with Gasteiger partial charge in [0.05, 0.1) is 24.5 Å². The van der Waals surface area contributed by atoms with Gasteiger partial charge in [0.1, 0.15) is 6.07 Å². The zero-order chi connectivity index (χ0) is 12.3. The lowest BCUT2D eigenvalue weighted by Gasteiger charge is -2.10. The average Bonchev–Trinajstić information content (AvgIpc) is 2.42. The molecule has 1 aromatic carbocycles. The van der Waals surface area contributed by atoms with Crippen molar-refractivity contribution in [3.8, 4) is 6.07 Å². The summed E-state index contributed by atoms with van der Waals surface area (Å²) in [4.78, 5) is 0. The minimum Gasteiger partial charge on any atom is -0.384 e. The van der Waals surface area contributed by atoms with E-state index < -0.39 is 0 Å². The number of hydrogen-bond acceptors (Lipinski definition) is 4. The summed E-state index contributed by atoms with van der Waals surface area (Å²) in [7, 11) is 0. The van der Waals surface area contributed by atoms with Gasteiger partial charge < -0.3 is 15.4 Å². The smallest absolute Gasteiger partial charge is 0.101 e. The van der Waals surface area contributed by atoms with Crippen LogP contribution in [0.5, 0.6) is 0 Å². The van der Waals surface area contributed by atoms with Gasteiger partial charge in [-0.05, 0) is 19.1 Å². The van der Waals surface area contributed by atoms with Gasteiger partial charge in [0.15, 0.2) is 0 Å². The van der Waals surface area contributed by atoms with Crippen molar-refractivity contribution in [3.63, 3.8) is 0 Å². The van der Waals surface area contributed by atoms with E-state index in [4.69, 9.17) is 10.00 Å². The van der Waals surface area contributed by atoms with E-state index in [9.17, 15) is 0 Å². The van der Waals surface area contributed by atoms with E-state index in [2.05, 4.69) is 16.7 Å². The molecule has 1 heterocycles. The van der Waals surface area contributed by atoms with Gasteiger partial charge in [-0.1, -0.05) is 12.1 Å². The zero-order valence-corrected chi connectivity index (χ0v) is 10.2. The van der Waals surface area contributed by atoms with Gasteiger partial charge in [-0.15, -0.1) is 0 Å². The van der Waals surface area contributed by atoms with Crippen LogP contribution in [0.15, 0.2) is 24.3 Å². The number of benzene rings is 1. The third-order valence-corrected chi connectivity index (χ3v) is 2.26. The highest BCUT2D eigenvalue weighted by molar-refractivity contribution is 5.56. The Morgan fingerprint density at radius 2 is 2.06 bits per heavy atom. The van der Waals surface area contributed by atoms with Gasteiger partial charge in [-0.2, -0.15) is 5.26 Å². The van der Waals surface area contributed by atoms with Crippen molar-refractivity contribution in [1.29, 1.82) is 5.26 Å². The molecule has 0 aliphatic carbocycles. The van der Waals surface area contributed by atoms with Crippen LogP contribution in [0, 0.1) is 11.3 Å². The molecule has 1 fully saturated rings. The molecule has 0 saturated carbocycles. The predicted molar refractivity (Wildman–Crippen MR) is 69.0 cm³/mol. The van der Waals surface area contributed by atoms with Crippen LogP contribution in [-0.4, -0.2) is 32.8 Å². The number of para-hydroxylation sites is 1. The van der Waals surface area contributed by atoms with Crippen LogP contribution in [0.3, 0.4) is 0 Å². The fourth-order valence-corrected chi connectivity index (χ4v) is 1.44. The molecule has 0 aromatic heterocycles. The molecule has 4 heteroatoms. The van der Waals surface area contributed by atoms with Crippen LogP contribution in [0.4, 0.5) is 5.69 Å². The SMILES string of the molecule is C1COCCN1.CCNc1ccccc1C#N. The quantitative estimate of drug-likeness (QED) is 0.814. The normalized spacial score (nSPS) is 14.1. The van der Waals surface area contributed by atoms with Crippen molar-refractivity contribution in [2.75, 3.05) is 38.2 Å². The van der Waals surface area contributed by atoms with Crippen LogP contribution in [0.2, 0.25) is 0 Å². The van der Waals surface area contributed by atoms with E-state index in [0.29, 0.717) is 5.56 Å². The topological polar surface area (TPSA) is 57.1 Å². The molecule has 92 valence electrons. The fraction of sp³-hybridized carbons (Fsp3) is 0.462. The van der Waals surface area contributed by atoms with E-state index in [1.807, 2.05) is 25.1 Å². The molecule has 1 aromatic rings. The van der Waals surface area contributed by atoms with Gasteiger partial charge in [-0.3, -0.25) is 0 Å². The number of morpholine rings is 1. The van der Waals surface area contributed by atoms with Gasteiger partial charge in [0, 0.05) is 19.6 Å². The summed E-state index contributed by atoms with van der Waals surface area (Å²) in [6.45, 7) is 6.69. The largest absolute Gasteiger partial charge is 0.384 e. The van der Waals surface area contributed by atoms with Crippen LogP contribution in [-0.2, 0) is 4.74 Å². The third-order valence-electron chi connectivity index (χ3n) is 2.26. The predicted octanol–water partition coefficient (Wildman–Crippen LogP) is 1.60. The van der Waals surface area contributed by atoms with Crippen LogP contribution in [0.1, 0.15) is 12.5 Å². The van der Waals surface area contributed by atoms with Gasteiger partial charge in [0.25, 0.3) is 0 Å². The van der Waals surface area contributed by atoms with Crippen molar-refractivity contribution < 1.29 is 4.74 Å². The van der Waals surface area contributed by atoms with Crippen LogP contribution in [0.25, 0.3) is 0 Å². The van der Waals surface area contributed by atoms with Gasteiger partial charge >= 0.3 is 0 Å². The highest BCUT2D eigenvalue weighted by Gasteiger charge is 1.96. The number of nitrogens with one attached hydrogen (secondary N) is 2. The van der Waals surface area contributed by atoms with Crippen LogP contribution >= 0.6 is 0 Å². The molecule has 0 atom stereocenters. The first-order chi connectivity index (χ1) is 8.38. The highest BCUT2D eigenvalue weighted by atomic mass is 16.5. The molecule has 1 aliphatic rings. The summed E-state index contributed by atoms with van der Waals surface area (Å²) in [6.07, 6.45) is 0. The number of anilines is 1. The maximum absolute atomic E-state index is 8.66. The molecular weight excluding hydrogens is 214 g/mol. The Bertz CT molecular complexity index is 344. The maximum atomic E-state index is 8.66. The maximum Gasteiger partial charge on any atom is 0.101 e. The number of hydrogen-bond donors (Lipinski definition) is 2. The Morgan fingerprint density at radius 1 is 1.35 bits per heavy atom. The zero-order valence-electron chi connectivity index (χ0n) is 10.2. The summed E-state index contributed by atoms with van der Waals surface area (Å²) in [6, 6.07) is 9.60. The molecule has 0 unspecified atom stereocenters. The lowest BCUT2D eigenvalue weighted by Crippen LogP contribution is -2.30. The van der Waals surface area contributed by atoms with Crippen molar-refractivity contribution in [1.82, 2.24) is 5.32 Å². The fourth-order valence-electron chi connectivity index (χ4n) is 1.44. The molecule has 2 rings (SSSR count). The molecular formula is C13H19N3O. The first-order valence-electron chi connectivity index (χ1n) is 5.90. The second-order valence-electron chi connectivity index (χ2n) is 3.55. The van der Waals surface area contributed by atoms with E-state index in [0.717, 1.165) is 38.5 Å². The molecule has 2 N–H and O–H groups in total. The van der Waals surface area contributed by atoms with Crippen LogP contribution < -0.4 is 10.6 Å². The molecule has 0 bridgehead atoms. The first-order valence-corrected chi connectivity index (χ1v) is 5.90. The van der Waals surface area contributed by atoms with Crippen molar-refractivity contribution in [2.24, 2.45) is 0 Å². The number of nitrogens with zero attached hydrogens (tertiary/aromatic N) is 1. The van der Waals surface area contributed by atoms with Crippen molar-refractivity contribution in [2.45, 2.75) is 6.92 Å². The molecule has 1 aliphatic heterocycles. The van der Waals surface area contributed by atoms with E-state index in [-0.39, 0.29) is 0 Å². The van der Waals surface area contributed by atoms with Gasteiger partial charge in [0.2, 0.25) is 0 Å². The molecule has 0 spiro atoms. The Balaban J connectivity index is 0.000000202. The second kappa shape index (κ2) is 8.57. The number of ether oxygens (including phenoxy) is 1. The lowest BCUT2D eigenvalue weighted by molar-refractivity contribution is 0.109. The standard InChI is InChI=1S/C9H10N2.C4H9NO/c1-2-11-9-6-4-3-5-8(9)7-10;1-3-6-4-2-5-1/h3-6,11H,2H2,1H3;5H,1-4H2. The Hall–Kier alpha value is -1.57. The van der Waals surface area contributed by atoms with Crippen molar-refractivity contribution >= 4 is 5.69 Å².